The number of nitrogens with two attached hydrogens (primary N) is 1. The Hall–Kier alpha value is -1.81. The maximum atomic E-state index is 13.7. The summed E-state index contributed by atoms with van der Waals surface area (Å²) in [4.78, 5) is 7.98. The van der Waals surface area contributed by atoms with Crippen LogP contribution >= 0.6 is 0 Å². The summed E-state index contributed by atoms with van der Waals surface area (Å²) >= 11 is 0. The minimum atomic E-state index is -0.575. The molecule has 0 saturated carbocycles. The van der Waals surface area contributed by atoms with Crippen molar-refractivity contribution in [3.63, 3.8) is 0 Å². The summed E-state index contributed by atoms with van der Waals surface area (Å²) < 4.78 is 13.7. The molecule has 0 saturated heterocycles. The van der Waals surface area contributed by atoms with E-state index in [1.807, 2.05) is 13.0 Å². The van der Waals surface area contributed by atoms with E-state index < -0.39 is 6.04 Å². The minimum absolute atomic E-state index is 0.307. The molecule has 0 radical (unpaired) electrons. The highest BCUT2D eigenvalue weighted by Gasteiger charge is 2.14. The Balaban J connectivity index is 2.38. The summed E-state index contributed by atoms with van der Waals surface area (Å²) in [5, 5.41) is 0. The van der Waals surface area contributed by atoms with Crippen LogP contribution in [0.4, 0.5) is 4.39 Å². The van der Waals surface area contributed by atoms with Gasteiger partial charge < -0.3 is 5.73 Å². The lowest BCUT2D eigenvalue weighted by molar-refractivity contribution is 0.595. The van der Waals surface area contributed by atoms with Crippen LogP contribution in [-0.2, 0) is 0 Å². The van der Waals surface area contributed by atoms with E-state index in [2.05, 4.69) is 9.97 Å². The molecule has 0 spiro atoms. The molecule has 4 heteroatoms. The average Bonchev–Trinajstić information content (AvgIpc) is 2.29. The highest BCUT2D eigenvalue weighted by molar-refractivity contribution is 5.30. The van der Waals surface area contributed by atoms with Crippen LogP contribution < -0.4 is 5.73 Å². The van der Waals surface area contributed by atoms with Crippen molar-refractivity contribution < 1.29 is 4.39 Å². The number of benzene rings is 1. The predicted octanol–water partition coefficient (Wildman–Crippen LogP) is 1.97. The molecule has 1 atom stereocenters. The van der Waals surface area contributed by atoms with E-state index in [0.29, 0.717) is 11.3 Å². The SMILES string of the molecule is Cc1ccc(C(N)c2cnccn2)c(F)c1. The van der Waals surface area contributed by atoms with Crippen LogP contribution in [0.3, 0.4) is 0 Å². The monoisotopic (exact) mass is 217 g/mol. The molecule has 0 aliphatic carbocycles. The number of hydrogen-bond donors (Lipinski definition) is 1. The van der Waals surface area contributed by atoms with Crippen LogP contribution in [-0.4, -0.2) is 9.97 Å². The van der Waals surface area contributed by atoms with Gasteiger partial charge in [-0.2, -0.15) is 0 Å². The van der Waals surface area contributed by atoms with Crippen LogP contribution in [0, 0.1) is 12.7 Å². The van der Waals surface area contributed by atoms with Gasteiger partial charge in [-0.1, -0.05) is 12.1 Å². The fourth-order valence-corrected chi connectivity index (χ4v) is 1.51. The van der Waals surface area contributed by atoms with Crippen molar-refractivity contribution in [1.29, 1.82) is 0 Å². The molecule has 1 aromatic carbocycles. The average molecular weight is 217 g/mol. The van der Waals surface area contributed by atoms with E-state index in [1.165, 1.54) is 6.07 Å². The van der Waals surface area contributed by atoms with Gasteiger partial charge in [-0.25, -0.2) is 4.39 Å². The molecule has 3 nitrogen and oxygen atoms in total. The normalized spacial score (nSPS) is 12.4. The third-order valence-corrected chi connectivity index (χ3v) is 2.39. The molecule has 1 unspecified atom stereocenters. The summed E-state index contributed by atoms with van der Waals surface area (Å²) in [6.07, 6.45) is 4.65. The third kappa shape index (κ3) is 2.06. The Kier molecular flexibility index (Phi) is 2.92. The molecule has 16 heavy (non-hydrogen) atoms. The molecule has 82 valence electrons. The van der Waals surface area contributed by atoms with Crippen molar-refractivity contribution in [2.75, 3.05) is 0 Å². The minimum Gasteiger partial charge on any atom is -0.319 e. The fourth-order valence-electron chi connectivity index (χ4n) is 1.51. The molecule has 2 aromatic rings. The standard InChI is InChI=1S/C12H12FN3/c1-8-2-3-9(10(13)6-8)12(14)11-7-15-4-5-16-11/h2-7,12H,14H2,1H3. The Bertz CT molecular complexity index is 485. The highest BCUT2D eigenvalue weighted by Crippen LogP contribution is 2.20. The second-order valence-electron chi connectivity index (χ2n) is 3.63. The summed E-state index contributed by atoms with van der Waals surface area (Å²) in [6, 6.07) is 4.40. The van der Waals surface area contributed by atoms with Gasteiger partial charge in [-0.05, 0) is 18.6 Å². The maximum Gasteiger partial charge on any atom is 0.128 e. The summed E-state index contributed by atoms with van der Waals surface area (Å²) in [5.41, 5.74) is 7.79. The molecule has 0 aliphatic rings. The summed E-state index contributed by atoms with van der Waals surface area (Å²) in [6.45, 7) is 1.83. The second-order valence-corrected chi connectivity index (χ2v) is 3.63. The van der Waals surface area contributed by atoms with Gasteiger partial charge in [0.15, 0.2) is 0 Å². The smallest absolute Gasteiger partial charge is 0.128 e. The third-order valence-electron chi connectivity index (χ3n) is 2.39. The van der Waals surface area contributed by atoms with Crippen molar-refractivity contribution in [2.24, 2.45) is 5.73 Å². The topological polar surface area (TPSA) is 51.8 Å². The first kappa shape index (κ1) is 10.7. The quantitative estimate of drug-likeness (QED) is 0.836. The first-order chi connectivity index (χ1) is 7.68. The number of hydrogen-bond acceptors (Lipinski definition) is 3. The van der Waals surface area contributed by atoms with Gasteiger partial charge in [0, 0.05) is 18.0 Å². The lowest BCUT2D eigenvalue weighted by Gasteiger charge is -2.12. The molecule has 0 fully saturated rings. The Labute approximate surface area is 93.2 Å². The Morgan fingerprint density at radius 2 is 2.12 bits per heavy atom. The van der Waals surface area contributed by atoms with E-state index in [9.17, 15) is 4.39 Å². The van der Waals surface area contributed by atoms with Gasteiger partial charge in [-0.15, -0.1) is 0 Å². The maximum absolute atomic E-state index is 13.7. The van der Waals surface area contributed by atoms with Crippen molar-refractivity contribution in [3.8, 4) is 0 Å². The van der Waals surface area contributed by atoms with Crippen LogP contribution in [0.2, 0.25) is 0 Å². The Morgan fingerprint density at radius 1 is 1.31 bits per heavy atom. The summed E-state index contributed by atoms with van der Waals surface area (Å²) in [7, 11) is 0. The van der Waals surface area contributed by atoms with Crippen LogP contribution in [0.1, 0.15) is 22.9 Å². The lowest BCUT2D eigenvalue weighted by atomic mass is 10.0. The van der Waals surface area contributed by atoms with Gasteiger partial charge >= 0.3 is 0 Å². The van der Waals surface area contributed by atoms with E-state index in [1.54, 1.807) is 24.7 Å². The number of aryl methyl sites for hydroxylation is 1. The van der Waals surface area contributed by atoms with Crippen molar-refractivity contribution in [2.45, 2.75) is 13.0 Å². The lowest BCUT2D eigenvalue weighted by Crippen LogP contribution is -2.15. The van der Waals surface area contributed by atoms with Crippen LogP contribution in [0.5, 0.6) is 0 Å². The fraction of sp³-hybridized carbons (Fsp3) is 0.167. The second kappa shape index (κ2) is 4.37. The number of halogens is 1. The number of nitrogens with zero attached hydrogens (tertiary/aromatic N) is 2. The highest BCUT2D eigenvalue weighted by atomic mass is 19.1. The van der Waals surface area contributed by atoms with Gasteiger partial charge in [0.05, 0.1) is 17.9 Å². The molecule has 1 heterocycles. The van der Waals surface area contributed by atoms with Crippen molar-refractivity contribution in [3.05, 3.63) is 59.4 Å². The molecule has 2 N–H and O–H groups in total. The number of aromatic nitrogens is 2. The largest absolute Gasteiger partial charge is 0.319 e. The molecule has 2 rings (SSSR count). The Morgan fingerprint density at radius 3 is 2.75 bits per heavy atom. The zero-order valence-electron chi connectivity index (χ0n) is 8.89. The molecule has 0 bridgehead atoms. The van der Waals surface area contributed by atoms with E-state index in [0.717, 1.165) is 5.56 Å². The molecule has 0 amide bonds. The summed E-state index contributed by atoms with van der Waals surface area (Å²) in [5.74, 6) is -0.307. The van der Waals surface area contributed by atoms with Crippen LogP contribution in [0.15, 0.2) is 36.8 Å². The first-order valence-corrected chi connectivity index (χ1v) is 4.96. The molecule has 0 aliphatic heterocycles. The molecular formula is C12H12FN3. The van der Waals surface area contributed by atoms with Gasteiger partial charge in [-0.3, -0.25) is 9.97 Å². The van der Waals surface area contributed by atoms with Gasteiger partial charge in [0.1, 0.15) is 5.82 Å². The van der Waals surface area contributed by atoms with E-state index in [-0.39, 0.29) is 5.82 Å². The molecular weight excluding hydrogens is 205 g/mol. The van der Waals surface area contributed by atoms with E-state index in [4.69, 9.17) is 5.73 Å². The van der Waals surface area contributed by atoms with E-state index >= 15 is 0 Å². The van der Waals surface area contributed by atoms with Crippen LogP contribution in [0.25, 0.3) is 0 Å². The first-order valence-electron chi connectivity index (χ1n) is 4.96. The van der Waals surface area contributed by atoms with Crippen molar-refractivity contribution >= 4 is 0 Å². The zero-order valence-corrected chi connectivity index (χ0v) is 8.89. The number of rotatable bonds is 2. The van der Waals surface area contributed by atoms with Gasteiger partial charge in [0.2, 0.25) is 0 Å². The van der Waals surface area contributed by atoms with Crippen molar-refractivity contribution in [1.82, 2.24) is 9.97 Å². The van der Waals surface area contributed by atoms with Gasteiger partial charge in [0.25, 0.3) is 0 Å². The zero-order chi connectivity index (χ0) is 11.5. The molecule has 1 aromatic heterocycles. The predicted molar refractivity (Wildman–Crippen MR) is 59.2 cm³/mol.